The fraction of sp³-hybridized carbons (Fsp3) is 0.333. The second-order valence-electron chi connectivity index (χ2n) is 5.22. The summed E-state index contributed by atoms with van der Waals surface area (Å²) in [5.41, 5.74) is -0.831. The van der Waals surface area contributed by atoms with Crippen LogP contribution in [-0.4, -0.2) is 36.2 Å². The van der Waals surface area contributed by atoms with Gasteiger partial charge in [-0.3, -0.25) is 4.79 Å². The van der Waals surface area contributed by atoms with Crippen LogP contribution in [0.2, 0.25) is 0 Å². The molecule has 2 aromatic rings. The molecule has 0 aliphatic carbocycles. The molecule has 1 amide bonds. The van der Waals surface area contributed by atoms with Crippen LogP contribution in [0.25, 0.3) is 10.1 Å². The first-order valence-electron chi connectivity index (χ1n) is 6.52. The van der Waals surface area contributed by atoms with Crippen molar-refractivity contribution in [3.63, 3.8) is 0 Å². The number of carboxylic acid groups (broad SMARTS) is 1. The Kier molecular flexibility index (Phi) is 4.48. The number of hydrogen-bond donors (Lipinski definition) is 2. The number of methoxy groups -OCH3 is 1. The van der Waals surface area contributed by atoms with Gasteiger partial charge in [-0.15, -0.1) is 11.3 Å². The van der Waals surface area contributed by atoms with E-state index in [1.807, 2.05) is 0 Å². The summed E-state index contributed by atoms with van der Waals surface area (Å²) in [5, 5.41) is 12.5. The van der Waals surface area contributed by atoms with Crippen molar-refractivity contribution < 1.29 is 23.8 Å². The van der Waals surface area contributed by atoms with E-state index in [1.165, 1.54) is 26.2 Å². The van der Waals surface area contributed by atoms with E-state index in [0.29, 0.717) is 15.1 Å². The number of halogens is 1. The van der Waals surface area contributed by atoms with Crippen LogP contribution in [0.3, 0.4) is 0 Å². The largest absolute Gasteiger partial charge is 0.479 e. The van der Waals surface area contributed by atoms with E-state index >= 15 is 0 Å². The monoisotopic (exact) mass is 325 g/mol. The molecule has 0 aliphatic heterocycles. The highest BCUT2D eigenvalue weighted by atomic mass is 32.1. The lowest BCUT2D eigenvalue weighted by Crippen LogP contribution is -2.55. The third-order valence-electron chi connectivity index (χ3n) is 3.40. The Hall–Kier alpha value is -1.99. The lowest BCUT2D eigenvalue weighted by molar-refractivity contribution is -0.145. The molecule has 0 aliphatic rings. The molecular weight excluding hydrogens is 309 g/mol. The summed E-state index contributed by atoms with van der Waals surface area (Å²) >= 11 is 1.13. The fourth-order valence-corrected chi connectivity index (χ4v) is 3.29. The first-order valence-corrected chi connectivity index (χ1v) is 7.33. The van der Waals surface area contributed by atoms with Crippen molar-refractivity contribution in [3.8, 4) is 0 Å². The Bertz CT molecular complexity index is 742. The van der Waals surface area contributed by atoms with Crippen molar-refractivity contribution in [1.82, 2.24) is 5.32 Å². The molecule has 22 heavy (non-hydrogen) atoms. The quantitative estimate of drug-likeness (QED) is 0.886. The topological polar surface area (TPSA) is 75.6 Å². The maximum Gasteiger partial charge on any atom is 0.331 e. The first-order chi connectivity index (χ1) is 10.3. The number of benzene rings is 1. The predicted molar refractivity (Wildman–Crippen MR) is 81.9 cm³/mol. The molecule has 1 aromatic heterocycles. The number of carbonyl (C=O) groups excluding carboxylic acids is 1. The molecule has 0 spiro atoms. The average Bonchev–Trinajstić information content (AvgIpc) is 2.75. The number of hydrogen-bond acceptors (Lipinski definition) is 4. The van der Waals surface area contributed by atoms with Gasteiger partial charge in [-0.1, -0.05) is 6.07 Å². The number of amides is 1. The van der Waals surface area contributed by atoms with Crippen LogP contribution in [0, 0.1) is 12.7 Å². The minimum atomic E-state index is -1.53. The number of ether oxygens (including phenoxy) is 1. The SMILES string of the molecule is COCC(C)(NC(=O)c1sc2cc(F)ccc2c1C)C(=O)O. The number of aliphatic carboxylic acids is 1. The van der Waals surface area contributed by atoms with Gasteiger partial charge in [0.1, 0.15) is 5.82 Å². The second kappa shape index (κ2) is 6.02. The van der Waals surface area contributed by atoms with Gasteiger partial charge in [-0.05, 0) is 36.9 Å². The number of carbonyl (C=O) groups is 2. The van der Waals surface area contributed by atoms with Crippen molar-refractivity contribution >= 4 is 33.3 Å². The van der Waals surface area contributed by atoms with Crippen molar-refractivity contribution in [3.05, 3.63) is 34.5 Å². The number of thiophene rings is 1. The highest BCUT2D eigenvalue weighted by Gasteiger charge is 2.36. The van der Waals surface area contributed by atoms with Crippen molar-refractivity contribution in [2.75, 3.05) is 13.7 Å². The zero-order valence-electron chi connectivity index (χ0n) is 12.4. The molecular formula is C15H16FNO4S. The predicted octanol–water partition coefficient (Wildman–Crippen LogP) is 2.57. The van der Waals surface area contributed by atoms with Gasteiger partial charge in [0, 0.05) is 11.8 Å². The van der Waals surface area contributed by atoms with Gasteiger partial charge >= 0.3 is 5.97 Å². The molecule has 0 bridgehead atoms. The summed E-state index contributed by atoms with van der Waals surface area (Å²) in [6.07, 6.45) is 0. The van der Waals surface area contributed by atoms with Gasteiger partial charge in [-0.25, -0.2) is 9.18 Å². The minimum Gasteiger partial charge on any atom is -0.479 e. The Labute approximate surface area is 130 Å². The lowest BCUT2D eigenvalue weighted by atomic mass is 10.0. The summed E-state index contributed by atoms with van der Waals surface area (Å²) in [5.74, 6) is -2.08. The van der Waals surface area contributed by atoms with Crippen LogP contribution in [0.15, 0.2) is 18.2 Å². The van der Waals surface area contributed by atoms with Gasteiger partial charge in [0.15, 0.2) is 5.54 Å². The summed E-state index contributed by atoms with van der Waals surface area (Å²) in [6, 6.07) is 4.30. The molecule has 0 fully saturated rings. The van der Waals surface area contributed by atoms with Gasteiger partial charge in [0.25, 0.3) is 5.91 Å². The van der Waals surface area contributed by atoms with Crippen LogP contribution < -0.4 is 5.32 Å². The summed E-state index contributed by atoms with van der Waals surface area (Å²) < 4.78 is 18.8. The van der Waals surface area contributed by atoms with Crippen LogP contribution in [-0.2, 0) is 9.53 Å². The van der Waals surface area contributed by atoms with Crippen LogP contribution in [0.5, 0.6) is 0 Å². The normalized spacial score (nSPS) is 13.8. The third kappa shape index (κ3) is 2.95. The number of carboxylic acids is 1. The minimum absolute atomic E-state index is 0.160. The van der Waals surface area contributed by atoms with Crippen molar-refractivity contribution in [1.29, 1.82) is 0 Å². The van der Waals surface area contributed by atoms with Crippen LogP contribution in [0.1, 0.15) is 22.2 Å². The fourth-order valence-electron chi connectivity index (χ4n) is 2.16. The van der Waals surface area contributed by atoms with Gasteiger partial charge in [-0.2, -0.15) is 0 Å². The molecule has 2 rings (SSSR count). The van der Waals surface area contributed by atoms with Crippen LogP contribution >= 0.6 is 11.3 Å². The smallest absolute Gasteiger partial charge is 0.331 e. The summed E-state index contributed by atoms with van der Waals surface area (Å²) in [6.45, 7) is 2.96. The molecule has 0 saturated carbocycles. The van der Waals surface area contributed by atoms with Gasteiger partial charge in [0.2, 0.25) is 0 Å². The van der Waals surface area contributed by atoms with E-state index in [2.05, 4.69) is 5.32 Å². The number of rotatable bonds is 5. The van der Waals surface area contributed by atoms with Crippen molar-refractivity contribution in [2.24, 2.45) is 0 Å². The zero-order chi connectivity index (χ0) is 16.5. The molecule has 1 aromatic carbocycles. The zero-order valence-corrected chi connectivity index (χ0v) is 13.2. The standard InChI is InChI=1S/C15H16FNO4S/c1-8-10-5-4-9(16)6-11(10)22-12(8)13(18)17-15(2,7-21-3)14(19)20/h4-6H,7H2,1-3H3,(H,17,18)(H,19,20). The molecule has 1 unspecified atom stereocenters. The van der Waals surface area contributed by atoms with E-state index in [9.17, 15) is 19.1 Å². The highest BCUT2D eigenvalue weighted by molar-refractivity contribution is 7.21. The Morgan fingerprint density at radius 1 is 1.45 bits per heavy atom. The molecule has 5 nitrogen and oxygen atoms in total. The number of fused-ring (bicyclic) bond motifs is 1. The average molecular weight is 325 g/mol. The highest BCUT2D eigenvalue weighted by Crippen LogP contribution is 2.31. The summed E-state index contributed by atoms with van der Waals surface area (Å²) in [7, 11) is 1.36. The second-order valence-corrected chi connectivity index (χ2v) is 6.27. The van der Waals surface area contributed by atoms with Crippen molar-refractivity contribution in [2.45, 2.75) is 19.4 Å². The summed E-state index contributed by atoms with van der Waals surface area (Å²) in [4.78, 5) is 24.1. The van der Waals surface area contributed by atoms with E-state index in [-0.39, 0.29) is 12.4 Å². The maximum absolute atomic E-state index is 13.3. The Morgan fingerprint density at radius 3 is 2.73 bits per heavy atom. The molecule has 118 valence electrons. The molecule has 1 atom stereocenters. The Morgan fingerprint density at radius 2 is 2.14 bits per heavy atom. The Balaban J connectivity index is 2.37. The van der Waals surface area contributed by atoms with E-state index in [4.69, 9.17) is 4.74 Å². The first kappa shape index (κ1) is 16.4. The lowest BCUT2D eigenvalue weighted by Gasteiger charge is -2.25. The van der Waals surface area contributed by atoms with Gasteiger partial charge in [0.05, 0.1) is 11.5 Å². The maximum atomic E-state index is 13.3. The number of aryl methyl sites for hydroxylation is 1. The van der Waals surface area contributed by atoms with E-state index < -0.39 is 17.4 Å². The molecule has 1 heterocycles. The van der Waals surface area contributed by atoms with E-state index in [0.717, 1.165) is 16.7 Å². The molecule has 0 saturated heterocycles. The molecule has 2 N–H and O–H groups in total. The number of nitrogens with one attached hydrogen (secondary N) is 1. The van der Waals surface area contributed by atoms with Crippen LogP contribution in [0.4, 0.5) is 4.39 Å². The third-order valence-corrected chi connectivity index (χ3v) is 4.65. The molecule has 0 radical (unpaired) electrons. The van der Waals surface area contributed by atoms with Gasteiger partial charge < -0.3 is 15.2 Å². The van der Waals surface area contributed by atoms with E-state index in [1.54, 1.807) is 13.0 Å². The molecule has 7 heteroatoms.